The van der Waals surface area contributed by atoms with E-state index in [-0.39, 0.29) is 6.03 Å². The van der Waals surface area contributed by atoms with Gasteiger partial charge in [-0.2, -0.15) is 0 Å². The van der Waals surface area contributed by atoms with Crippen molar-refractivity contribution in [3.05, 3.63) is 77.1 Å². The van der Waals surface area contributed by atoms with E-state index in [1.165, 1.54) is 5.56 Å². The molecule has 3 amide bonds. The normalized spacial score (nSPS) is 12.9. The number of hydrogen-bond acceptors (Lipinski definition) is 7. The van der Waals surface area contributed by atoms with E-state index >= 15 is 0 Å². The number of urea groups is 1. The van der Waals surface area contributed by atoms with Crippen LogP contribution in [0.2, 0.25) is 0 Å². The molecule has 208 valence electrons. The van der Waals surface area contributed by atoms with Crippen molar-refractivity contribution in [2.45, 2.75) is 25.7 Å². The smallest absolute Gasteiger partial charge is 0.404 e. The number of aromatic nitrogens is 4. The molecule has 11 nitrogen and oxygen atoms in total. The van der Waals surface area contributed by atoms with Gasteiger partial charge in [0, 0.05) is 37.5 Å². The molecule has 1 aliphatic heterocycles. The Morgan fingerprint density at radius 2 is 2.02 bits per heavy atom. The number of ether oxygens (including phenoxy) is 1. The van der Waals surface area contributed by atoms with Crippen molar-refractivity contribution < 1.29 is 19.4 Å². The Kier molecular flexibility index (Phi) is 8.86. The number of benzene rings is 2. The quantitative estimate of drug-likeness (QED) is 0.210. The number of carbonyl (C=O) groups excluding carboxylic acids is 1. The number of carbonyl (C=O) groups is 2. The van der Waals surface area contributed by atoms with Crippen LogP contribution in [0.25, 0.3) is 16.3 Å². The third-order valence-electron chi connectivity index (χ3n) is 6.48. The number of carboxylic acid groups (broad SMARTS) is 1. The Balaban J connectivity index is 1.31. The molecule has 12 heteroatoms. The zero-order valence-corrected chi connectivity index (χ0v) is 22.8. The Morgan fingerprint density at radius 3 is 2.83 bits per heavy atom. The highest BCUT2D eigenvalue weighted by Gasteiger charge is 2.20. The first kappa shape index (κ1) is 27.1. The van der Waals surface area contributed by atoms with Gasteiger partial charge < -0.3 is 25.4 Å². The Hall–Kier alpha value is -4.45. The maximum atomic E-state index is 11.9. The molecule has 0 saturated carbocycles. The van der Waals surface area contributed by atoms with Gasteiger partial charge in [-0.1, -0.05) is 35.5 Å². The molecule has 0 spiro atoms. The molecule has 0 radical (unpaired) electrons. The van der Waals surface area contributed by atoms with Crippen LogP contribution >= 0.6 is 11.3 Å². The topological polar surface area (TPSA) is 134 Å². The molecule has 3 heterocycles. The molecular formula is C28H31N7O4S. The standard InChI is InChI=1S/C28H31N7O4S/c36-27-29-12-13-34(27)14-15-39-25-17-23(35-18-21(32-33-35)8-4-5-11-30-28(37)38)9-10-24(25)26-31-22(19-40-26)16-20-6-2-1-3-7-20/h1-3,6-7,9-10,17-19,30H,4-5,8,11-16H2,(H,29,36)(H,37,38). The SMILES string of the molecule is O=C(O)NCCCCc1cn(-c2ccc(-c3nc(Cc4ccccc4)cs3)c(OCCN3CCNC3=O)c2)nn1. The van der Waals surface area contributed by atoms with Crippen molar-refractivity contribution in [2.75, 3.05) is 32.8 Å². The van der Waals surface area contributed by atoms with E-state index in [1.54, 1.807) is 20.9 Å². The average molecular weight is 562 g/mol. The van der Waals surface area contributed by atoms with E-state index in [4.69, 9.17) is 14.8 Å². The minimum absolute atomic E-state index is 0.0723. The second-order valence-electron chi connectivity index (χ2n) is 9.40. The molecule has 5 rings (SSSR count). The second-order valence-corrected chi connectivity index (χ2v) is 10.3. The number of rotatable bonds is 13. The van der Waals surface area contributed by atoms with E-state index in [1.807, 2.05) is 42.6 Å². The summed E-state index contributed by atoms with van der Waals surface area (Å²) < 4.78 is 7.94. The molecule has 0 atom stereocenters. The number of nitrogens with one attached hydrogen (secondary N) is 2. The fourth-order valence-corrected chi connectivity index (χ4v) is 5.27. The molecular weight excluding hydrogens is 530 g/mol. The Bertz CT molecular complexity index is 1440. The molecule has 1 aliphatic rings. The zero-order chi connectivity index (χ0) is 27.7. The summed E-state index contributed by atoms with van der Waals surface area (Å²) in [6.45, 7) is 2.55. The predicted molar refractivity (Wildman–Crippen MR) is 151 cm³/mol. The lowest BCUT2D eigenvalue weighted by atomic mass is 10.1. The first-order valence-corrected chi connectivity index (χ1v) is 14.1. The van der Waals surface area contributed by atoms with E-state index in [0.717, 1.165) is 46.9 Å². The minimum atomic E-state index is -1.01. The van der Waals surface area contributed by atoms with E-state index in [9.17, 15) is 9.59 Å². The zero-order valence-electron chi connectivity index (χ0n) is 22.0. The molecule has 0 bridgehead atoms. The summed E-state index contributed by atoms with van der Waals surface area (Å²) >= 11 is 1.57. The van der Waals surface area contributed by atoms with Gasteiger partial charge in [0.05, 0.1) is 35.4 Å². The maximum absolute atomic E-state index is 11.9. The summed E-state index contributed by atoms with van der Waals surface area (Å²) in [7, 11) is 0. The van der Waals surface area contributed by atoms with Crippen LogP contribution in [-0.2, 0) is 12.8 Å². The number of aryl methyl sites for hydroxylation is 1. The van der Waals surface area contributed by atoms with Gasteiger partial charge in [0.25, 0.3) is 0 Å². The fourth-order valence-electron chi connectivity index (χ4n) is 4.42. The number of thiazole rings is 1. The second kappa shape index (κ2) is 13.1. The third-order valence-corrected chi connectivity index (χ3v) is 7.41. The summed E-state index contributed by atoms with van der Waals surface area (Å²) in [5, 5.41) is 25.4. The molecule has 0 unspecified atom stereocenters. The monoisotopic (exact) mass is 561 g/mol. The van der Waals surface area contributed by atoms with Gasteiger partial charge in [-0.25, -0.2) is 19.3 Å². The van der Waals surface area contributed by atoms with Crippen LogP contribution < -0.4 is 15.4 Å². The average Bonchev–Trinajstić information content (AvgIpc) is 3.71. The highest BCUT2D eigenvalue weighted by Crippen LogP contribution is 2.34. The highest BCUT2D eigenvalue weighted by molar-refractivity contribution is 7.13. The summed E-state index contributed by atoms with van der Waals surface area (Å²) in [5.41, 5.74) is 4.70. The highest BCUT2D eigenvalue weighted by atomic mass is 32.1. The van der Waals surface area contributed by atoms with Crippen molar-refractivity contribution in [1.29, 1.82) is 0 Å². The lowest BCUT2D eigenvalue weighted by Crippen LogP contribution is -2.31. The van der Waals surface area contributed by atoms with Gasteiger partial charge in [0.1, 0.15) is 17.4 Å². The number of nitrogens with zero attached hydrogens (tertiary/aromatic N) is 5. The van der Waals surface area contributed by atoms with Crippen LogP contribution in [-0.4, -0.2) is 74.9 Å². The number of amides is 3. The van der Waals surface area contributed by atoms with Crippen LogP contribution in [0, 0.1) is 0 Å². The largest absolute Gasteiger partial charge is 0.491 e. The van der Waals surface area contributed by atoms with Gasteiger partial charge in [0.2, 0.25) is 0 Å². The molecule has 2 aromatic carbocycles. The molecule has 2 aromatic heterocycles. The fraction of sp³-hybridized carbons (Fsp3) is 0.321. The first-order valence-electron chi connectivity index (χ1n) is 13.2. The third kappa shape index (κ3) is 7.14. The summed E-state index contributed by atoms with van der Waals surface area (Å²) in [6.07, 6.45) is 3.83. The Morgan fingerprint density at radius 1 is 1.15 bits per heavy atom. The van der Waals surface area contributed by atoms with E-state index in [0.29, 0.717) is 45.0 Å². The van der Waals surface area contributed by atoms with Crippen LogP contribution in [0.5, 0.6) is 5.75 Å². The van der Waals surface area contributed by atoms with Crippen molar-refractivity contribution in [3.63, 3.8) is 0 Å². The molecule has 1 fully saturated rings. The van der Waals surface area contributed by atoms with E-state index in [2.05, 4.69) is 38.5 Å². The van der Waals surface area contributed by atoms with Crippen molar-refractivity contribution >= 4 is 23.5 Å². The first-order chi connectivity index (χ1) is 19.5. The van der Waals surface area contributed by atoms with Crippen LogP contribution in [0.1, 0.15) is 29.8 Å². The van der Waals surface area contributed by atoms with E-state index < -0.39 is 6.09 Å². The lowest BCUT2D eigenvalue weighted by molar-refractivity contribution is 0.194. The van der Waals surface area contributed by atoms with Crippen molar-refractivity contribution in [1.82, 2.24) is 35.5 Å². The molecule has 4 aromatic rings. The van der Waals surface area contributed by atoms with Crippen LogP contribution in [0.15, 0.2) is 60.1 Å². The summed E-state index contributed by atoms with van der Waals surface area (Å²) in [4.78, 5) is 29.2. The van der Waals surface area contributed by atoms with Crippen molar-refractivity contribution in [3.8, 4) is 22.0 Å². The van der Waals surface area contributed by atoms with Crippen molar-refractivity contribution in [2.24, 2.45) is 0 Å². The predicted octanol–water partition coefficient (Wildman–Crippen LogP) is 3.98. The summed E-state index contributed by atoms with van der Waals surface area (Å²) in [6, 6.07) is 16.0. The minimum Gasteiger partial charge on any atom is -0.491 e. The van der Waals surface area contributed by atoms with Crippen LogP contribution in [0.3, 0.4) is 0 Å². The maximum Gasteiger partial charge on any atom is 0.404 e. The van der Waals surface area contributed by atoms with Gasteiger partial charge in [-0.05, 0) is 37.0 Å². The van der Waals surface area contributed by atoms with Gasteiger partial charge >= 0.3 is 12.1 Å². The van der Waals surface area contributed by atoms with Gasteiger partial charge in [-0.15, -0.1) is 16.4 Å². The lowest BCUT2D eigenvalue weighted by Gasteiger charge is -2.16. The van der Waals surface area contributed by atoms with Crippen LogP contribution in [0.4, 0.5) is 9.59 Å². The number of unbranched alkanes of at least 4 members (excludes halogenated alkanes) is 1. The van der Waals surface area contributed by atoms with Gasteiger partial charge in [-0.3, -0.25) is 0 Å². The molecule has 3 N–H and O–H groups in total. The number of hydrogen-bond donors (Lipinski definition) is 3. The molecule has 0 aliphatic carbocycles. The molecule has 1 saturated heterocycles. The summed E-state index contributed by atoms with van der Waals surface area (Å²) in [5.74, 6) is 0.662. The molecule has 40 heavy (non-hydrogen) atoms. The Labute approximate surface area is 235 Å². The van der Waals surface area contributed by atoms with Gasteiger partial charge in [0.15, 0.2) is 0 Å².